The van der Waals surface area contributed by atoms with Crippen molar-refractivity contribution in [3.8, 4) is 17.0 Å². The Hall–Kier alpha value is -2.47. The quantitative estimate of drug-likeness (QED) is 0.396. The van der Waals surface area contributed by atoms with Crippen molar-refractivity contribution in [2.24, 2.45) is 0 Å². The van der Waals surface area contributed by atoms with Crippen molar-refractivity contribution in [1.29, 1.82) is 0 Å². The zero-order valence-electron chi connectivity index (χ0n) is 16.5. The second-order valence-corrected chi connectivity index (χ2v) is 6.73. The number of hydrogen-bond acceptors (Lipinski definition) is 4. The zero-order chi connectivity index (χ0) is 20.4. The number of thiazole rings is 1. The lowest BCUT2D eigenvalue weighted by Crippen LogP contribution is -1.97. The lowest BCUT2D eigenvalue weighted by molar-refractivity contribution is 0.306. The van der Waals surface area contributed by atoms with E-state index in [9.17, 15) is 8.78 Å². The molecule has 150 valence electrons. The van der Waals surface area contributed by atoms with Crippen molar-refractivity contribution >= 4 is 22.2 Å². The van der Waals surface area contributed by atoms with Crippen molar-refractivity contribution in [2.75, 3.05) is 11.9 Å². The molecule has 1 aromatic heterocycles. The van der Waals surface area contributed by atoms with Gasteiger partial charge in [0, 0.05) is 22.7 Å². The van der Waals surface area contributed by atoms with E-state index < -0.39 is 11.6 Å². The number of halogens is 2. The number of rotatable bonds is 8. The summed E-state index contributed by atoms with van der Waals surface area (Å²) in [6.07, 6.45) is 3.39. The van der Waals surface area contributed by atoms with E-state index in [0.717, 1.165) is 30.5 Å². The van der Waals surface area contributed by atoms with Gasteiger partial charge in [-0.2, -0.15) is 0 Å². The van der Waals surface area contributed by atoms with Crippen LogP contribution in [0.15, 0.2) is 47.8 Å². The highest BCUT2D eigenvalue weighted by molar-refractivity contribution is 7.14. The molecule has 3 nitrogen and oxygen atoms in total. The van der Waals surface area contributed by atoms with Gasteiger partial charge in [-0.3, -0.25) is 0 Å². The molecule has 0 bridgehead atoms. The third-order valence-corrected chi connectivity index (χ3v) is 4.59. The van der Waals surface area contributed by atoms with E-state index >= 15 is 0 Å². The monoisotopic (exact) mass is 404 g/mol. The first kappa shape index (κ1) is 21.8. The summed E-state index contributed by atoms with van der Waals surface area (Å²) in [7, 11) is 0. The minimum atomic E-state index is -0.619. The minimum absolute atomic E-state index is 0.284. The van der Waals surface area contributed by atoms with Crippen LogP contribution in [0.25, 0.3) is 11.3 Å². The van der Waals surface area contributed by atoms with Gasteiger partial charge in [0.2, 0.25) is 0 Å². The summed E-state index contributed by atoms with van der Waals surface area (Å²) in [4.78, 5) is 4.37. The topological polar surface area (TPSA) is 34.1 Å². The number of benzene rings is 2. The van der Waals surface area contributed by atoms with Crippen molar-refractivity contribution in [3.05, 3.63) is 59.5 Å². The maximum atomic E-state index is 13.9. The van der Waals surface area contributed by atoms with Gasteiger partial charge in [-0.1, -0.05) is 33.6 Å². The first-order valence-corrected chi connectivity index (χ1v) is 10.4. The van der Waals surface area contributed by atoms with Crippen LogP contribution in [0.4, 0.5) is 19.6 Å². The minimum Gasteiger partial charge on any atom is -0.494 e. The molecular formula is C22H26F2N2OS. The van der Waals surface area contributed by atoms with E-state index in [2.05, 4.69) is 17.2 Å². The fraction of sp³-hybridized carbons (Fsp3) is 0.318. The molecule has 1 heterocycles. The van der Waals surface area contributed by atoms with Gasteiger partial charge in [0.05, 0.1) is 12.3 Å². The molecule has 1 N–H and O–H groups in total. The van der Waals surface area contributed by atoms with E-state index in [1.54, 1.807) is 5.38 Å². The van der Waals surface area contributed by atoms with Gasteiger partial charge in [-0.05, 0) is 42.8 Å². The molecule has 2 aromatic carbocycles. The van der Waals surface area contributed by atoms with Gasteiger partial charge in [0.15, 0.2) is 5.13 Å². The van der Waals surface area contributed by atoms with Crippen molar-refractivity contribution in [1.82, 2.24) is 4.98 Å². The lowest BCUT2D eigenvalue weighted by atomic mass is 10.1. The Kier molecular flexibility index (Phi) is 8.88. The maximum Gasteiger partial charge on any atom is 0.187 e. The molecule has 0 radical (unpaired) electrons. The molecule has 0 fully saturated rings. The van der Waals surface area contributed by atoms with Gasteiger partial charge >= 0.3 is 0 Å². The van der Waals surface area contributed by atoms with Crippen LogP contribution in [-0.4, -0.2) is 11.6 Å². The zero-order valence-corrected chi connectivity index (χ0v) is 17.3. The van der Waals surface area contributed by atoms with Gasteiger partial charge in [0.1, 0.15) is 17.4 Å². The molecule has 3 rings (SSSR count). The standard InChI is InChI=1S/C20H20F2N2OS.C2H6/c1-2-3-4-11-25-16-8-6-15(7-9-16)23-20-24-19(13-26-20)17-10-5-14(21)12-18(17)22;1-2/h5-10,12-13H,2-4,11H2,1H3,(H,23,24);1-2H3. The Morgan fingerprint density at radius 1 is 1.04 bits per heavy atom. The first-order chi connectivity index (χ1) is 13.7. The predicted octanol–water partition coefficient (Wildman–Crippen LogP) is 7.43. The Labute approximate surface area is 169 Å². The van der Waals surface area contributed by atoms with Crippen LogP contribution in [0.5, 0.6) is 5.75 Å². The molecule has 0 aliphatic heterocycles. The van der Waals surface area contributed by atoms with Gasteiger partial charge in [-0.15, -0.1) is 11.3 Å². The van der Waals surface area contributed by atoms with E-state index in [1.165, 1.54) is 36.3 Å². The van der Waals surface area contributed by atoms with Crippen LogP contribution < -0.4 is 10.1 Å². The summed E-state index contributed by atoms with van der Waals surface area (Å²) in [5.41, 5.74) is 1.63. The van der Waals surface area contributed by atoms with Crippen LogP contribution in [0.3, 0.4) is 0 Å². The first-order valence-electron chi connectivity index (χ1n) is 9.56. The lowest BCUT2D eigenvalue weighted by Gasteiger charge is -2.07. The summed E-state index contributed by atoms with van der Waals surface area (Å²) in [5.74, 6) is -0.386. The largest absolute Gasteiger partial charge is 0.494 e. The third-order valence-electron chi connectivity index (χ3n) is 3.83. The van der Waals surface area contributed by atoms with Crippen LogP contribution in [-0.2, 0) is 0 Å². The summed E-state index contributed by atoms with van der Waals surface area (Å²) in [6, 6.07) is 11.1. The number of unbranched alkanes of at least 4 members (excludes halogenated alkanes) is 2. The van der Waals surface area contributed by atoms with Crippen molar-refractivity contribution in [3.63, 3.8) is 0 Å². The molecule has 0 unspecified atom stereocenters. The Balaban J connectivity index is 0.00000136. The smallest absolute Gasteiger partial charge is 0.187 e. The molecule has 0 amide bonds. The molecule has 0 aliphatic carbocycles. The van der Waals surface area contributed by atoms with Crippen molar-refractivity contribution < 1.29 is 13.5 Å². The summed E-state index contributed by atoms with van der Waals surface area (Å²) < 4.78 is 32.6. The van der Waals surface area contributed by atoms with Crippen molar-refractivity contribution in [2.45, 2.75) is 40.0 Å². The number of nitrogens with zero attached hydrogens (tertiary/aromatic N) is 1. The average Bonchev–Trinajstić information content (AvgIpc) is 3.16. The highest BCUT2D eigenvalue weighted by Crippen LogP contribution is 2.29. The second kappa shape index (κ2) is 11.4. The maximum absolute atomic E-state index is 13.9. The number of ether oxygens (including phenoxy) is 1. The Bertz CT molecular complexity index is 850. The van der Waals surface area contributed by atoms with Crippen LogP contribution in [0.2, 0.25) is 0 Å². The molecule has 0 saturated carbocycles. The van der Waals surface area contributed by atoms with Gasteiger partial charge in [0.25, 0.3) is 0 Å². The average molecular weight is 405 g/mol. The highest BCUT2D eigenvalue weighted by atomic mass is 32.1. The molecule has 0 atom stereocenters. The van der Waals surface area contributed by atoms with Crippen LogP contribution in [0.1, 0.15) is 40.0 Å². The molecule has 6 heteroatoms. The van der Waals surface area contributed by atoms with Gasteiger partial charge in [-0.25, -0.2) is 13.8 Å². The Morgan fingerprint density at radius 3 is 2.46 bits per heavy atom. The summed E-state index contributed by atoms with van der Waals surface area (Å²) in [6.45, 7) is 6.88. The number of hydrogen-bond donors (Lipinski definition) is 1. The summed E-state index contributed by atoms with van der Waals surface area (Å²) in [5, 5.41) is 5.56. The van der Waals surface area contributed by atoms with Crippen LogP contribution >= 0.6 is 11.3 Å². The van der Waals surface area contributed by atoms with E-state index in [-0.39, 0.29) is 5.56 Å². The molecule has 0 saturated heterocycles. The van der Waals surface area contributed by atoms with E-state index in [4.69, 9.17) is 4.74 Å². The number of aromatic nitrogens is 1. The Morgan fingerprint density at radius 2 is 1.79 bits per heavy atom. The van der Waals surface area contributed by atoms with E-state index in [0.29, 0.717) is 10.8 Å². The normalized spacial score (nSPS) is 10.2. The molecule has 3 aromatic rings. The molecule has 28 heavy (non-hydrogen) atoms. The number of anilines is 2. The highest BCUT2D eigenvalue weighted by Gasteiger charge is 2.10. The molecule has 0 aliphatic rings. The second-order valence-electron chi connectivity index (χ2n) is 5.87. The number of nitrogens with one attached hydrogen (secondary N) is 1. The predicted molar refractivity (Wildman–Crippen MR) is 114 cm³/mol. The van der Waals surface area contributed by atoms with Crippen LogP contribution in [0, 0.1) is 11.6 Å². The fourth-order valence-corrected chi connectivity index (χ4v) is 3.18. The fourth-order valence-electron chi connectivity index (χ4n) is 2.45. The molecular weight excluding hydrogens is 378 g/mol. The van der Waals surface area contributed by atoms with E-state index in [1.807, 2.05) is 38.1 Å². The van der Waals surface area contributed by atoms with Gasteiger partial charge < -0.3 is 10.1 Å². The third kappa shape index (κ3) is 6.30. The molecule has 0 spiro atoms. The summed E-state index contributed by atoms with van der Waals surface area (Å²) >= 11 is 1.36. The SMILES string of the molecule is CC.CCCCCOc1ccc(Nc2nc(-c3ccc(F)cc3F)cs2)cc1.